The maximum Gasteiger partial charge on any atom is 0.317 e. The van der Waals surface area contributed by atoms with Crippen molar-refractivity contribution in [3.63, 3.8) is 0 Å². The smallest absolute Gasteiger partial charge is 0.317 e. The molecule has 0 saturated carbocycles. The highest BCUT2D eigenvalue weighted by Crippen LogP contribution is 2.32. The van der Waals surface area contributed by atoms with Gasteiger partial charge >= 0.3 is 6.03 Å². The quantitative estimate of drug-likeness (QED) is 0.815. The van der Waals surface area contributed by atoms with Gasteiger partial charge in [0, 0.05) is 37.7 Å². The van der Waals surface area contributed by atoms with Crippen molar-refractivity contribution in [1.29, 1.82) is 0 Å². The summed E-state index contributed by atoms with van der Waals surface area (Å²) >= 11 is 18.2. The van der Waals surface area contributed by atoms with Gasteiger partial charge in [-0.25, -0.2) is 4.79 Å². The number of carbonyl (C=O) groups excluding carboxylic acids is 1. The Labute approximate surface area is 162 Å². The first-order valence-electron chi connectivity index (χ1n) is 8.01. The second-order valence-electron chi connectivity index (χ2n) is 5.83. The Morgan fingerprint density at radius 3 is 2.32 bits per heavy atom. The van der Waals surface area contributed by atoms with E-state index in [2.05, 4.69) is 10.2 Å². The van der Waals surface area contributed by atoms with E-state index in [1.54, 1.807) is 6.07 Å². The van der Waals surface area contributed by atoms with Crippen LogP contribution in [0.5, 0.6) is 0 Å². The molecule has 4 nitrogen and oxygen atoms in total. The van der Waals surface area contributed by atoms with Gasteiger partial charge in [-0.1, -0.05) is 53.0 Å². The van der Waals surface area contributed by atoms with E-state index < -0.39 is 0 Å². The van der Waals surface area contributed by atoms with Crippen LogP contribution in [0.25, 0.3) is 0 Å². The summed E-state index contributed by atoms with van der Waals surface area (Å²) in [6.45, 7) is 3.18. The van der Waals surface area contributed by atoms with Crippen molar-refractivity contribution in [1.82, 2.24) is 10.2 Å². The summed E-state index contributed by atoms with van der Waals surface area (Å²) in [5.74, 6) is 0. The highest BCUT2D eigenvalue weighted by atomic mass is 35.5. The van der Waals surface area contributed by atoms with Crippen LogP contribution in [0.4, 0.5) is 10.5 Å². The molecule has 0 radical (unpaired) electrons. The molecule has 7 heteroatoms. The van der Waals surface area contributed by atoms with E-state index in [4.69, 9.17) is 34.8 Å². The Morgan fingerprint density at radius 1 is 0.960 bits per heavy atom. The second kappa shape index (κ2) is 8.17. The highest BCUT2D eigenvalue weighted by Gasteiger charge is 2.22. The molecule has 0 unspecified atom stereocenters. The fraction of sp³-hybridized carbons (Fsp3) is 0.278. The SMILES string of the molecule is O=C(NCc1ccc(Cl)cc1)N1CCN(c2cccc(Cl)c2Cl)CC1. The molecule has 0 atom stereocenters. The second-order valence-corrected chi connectivity index (χ2v) is 7.05. The van der Waals surface area contributed by atoms with Crippen LogP contribution in [0.3, 0.4) is 0 Å². The number of hydrogen-bond acceptors (Lipinski definition) is 2. The Kier molecular flexibility index (Phi) is 5.94. The highest BCUT2D eigenvalue weighted by molar-refractivity contribution is 6.43. The Balaban J connectivity index is 1.52. The summed E-state index contributed by atoms with van der Waals surface area (Å²) in [5.41, 5.74) is 1.93. The summed E-state index contributed by atoms with van der Waals surface area (Å²) in [6.07, 6.45) is 0. The zero-order valence-corrected chi connectivity index (χ0v) is 15.8. The molecule has 0 aliphatic carbocycles. The predicted octanol–water partition coefficient (Wildman–Crippen LogP) is 4.68. The van der Waals surface area contributed by atoms with Crippen LogP contribution < -0.4 is 10.2 Å². The molecule has 1 saturated heterocycles. The number of urea groups is 1. The van der Waals surface area contributed by atoms with Gasteiger partial charge < -0.3 is 15.1 Å². The summed E-state index contributed by atoms with van der Waals surface area (Å²) < 4.78 is 0. The Morgan fingerprint density at radius 2 is 1.64 bits per heavy atom. The van der Waals surface area contributed by atoms with Gasteiger partial charge in [0.05, 0.1) is 15.7 Å². The molecular weight excluding hydrogens is 381 g/mol. The minimum Gasteiger partial charge on any atom is -0.367 e. The molecule has 1 aliphatic rings. The normalized spacial score (nSPS) is 14.5. The lowest BCUT2D eigenvalue weighted by atomic mass is 10.2. The number of piperazine rings is 1. The average molecular weight is 399 g/mol. The van der Waals surface area contributed by atoms with Crippen molar-refractivity contribution in [2.45, 2.75) is 6.54 Å². The van der Waals surface area contributed by atoms with E-state index in [1.807, 2.05) is 41.3 Å². The molecule has 25 heavy (non-hydrogen) atoms. The van der Waals surface area contributed by atoms with Crippen LogP contribution in [0.1, 0.15) is 5.56 Å². The van der Waals surface area contributed by atoms with Crippen LogP contribution in [-0.2, 0) is 6.54 Å². The van der Waals surface area contributed by atoms with Crippen molar-refractivity contribution in [3.8, 4) is 0 Å². The summed E-state index contributed by atoms with van der Waals surface area (Å²) in [7, 11) is 0. The van der Waals surface area contributed by atoms with Gasteiger partial charge in [0.2, 0.25) is 0 Å². The van der Waals surface area contributed by atoms with Gasteiger partial charge in [0.25, 0.3) is 0 Å². The number of rotatable bonds is 3. The van der Waals surface area contributed by atoms with Crippen LogP contribution in [0, 0.1) is 0 Å². The number of nitrogens with zero attached hydrogens (tertiary/aromatic N) is 2. The van der Waals surface area contributed by atoms with Gasteiger partial charge in [-0.15, -0.1) is 0 Å². The van der Waals surface area contributed by atoms with Crippen molar-refractivity contribution in [2.24, 2.45) is 0 Å². The van der Waals surface area contributed by atoms with Gasteiger partial charge in [0.1, 0.15) is 0 Å². The van der Waals surface area contributed by atoms with Crippen molar-refractivity contribution in [2.75, 3.05) is 31.1 Å². The lowest BCUT2D eigenvalue weighted by Gasteiger charge is -2.36. The van der Waals surface area contributed by atoms with Crippen molar-refractivity contribution < 1.29 is 4.79 Å². The first kappa shape index (κ1) is 18.2. The molecular formula is C18H18Cl3N3O. The molecule has 132 valence electrons. The molecule has 0 bridgehead atoms. The third-order valence-electron chi connectivity index (χ3n) is 4.20. The maximum absolute atomic E-state index is 12.3. The predicted molar refractivity (Wildman–Crippen MR) is 104 cm³/mol. The number of anilines is 1. The standard InChI is InChI=1S/C18H18Cl3N3O/c19-14-6-4-13(5-7-14)12-22-18(25)24-10-8-23(9-11-24)16-3-1-2-15(20)17(16)21/h1-7H,8-12H2,(H,22,25). The van der Waals surface area contributed by atoms with E-state index in [0.29, 0.717) is 47.8 Å². The fourth-order valence-corrected chi connectivity index (χ4v) is 3.32. The van der Waals surface area contributed by atoms with Crippen molar-refractivity contribution in [3.05, 3.63) is 63.1 Å². The molecule has 2 aromatic carbocycles. The van der Waals surface area contributed by atoms with E-state index in [9.17, 15) is 4.79 Å². The van der Waals surface area contributed by atoms with Crippen LogP contribution in [0.15, 0.2) is 42.5 Å². The number of nitrogens with one attached hydrogen (secondary N) is 1. The number of benzene rings is 2. The van der Waals surface area contributed by atoms with Crippen LogP contribution >= 0.6 is 34.8 Å². The fourth-order valence-electron chi connectivity index (χ4n) is 2.78. The van der Waals surface area contributed by atoms with Crippen molar-refractivity contribution >= 4 is 46.5 Å². The molecule has 1 N–H and O–H groups in total. The Bertz CT molecular complexity index is 744. The zero-order valence-electron chi connectivity index (χ0n) is 13.5. The number of carbonyl (C=O) groups is 1. The van der Waals surface area contributed by atoms with Crippen LogP contribution in [0.2, 0.25) is 15.1 Å². The van der Waals surface area contributed by atoms with Gasteiger partial charge in [-0.2, -0.15) is 0 Å². The largest absolute Gasteiger partial charge is 0.367 e. The average Bonchev–Trinajstić information content (AvgIpc) is 2.63. The summed E-state index contributed by atoms with van der Waals surface area (Å²) in [4.78, 5) is 16.3. The van der Waals surface area contributed by atoms with Gasteiger partial charge in [-0.3, -0.25) is 0 Å². The van der Waals surface area contributed by atoms with E-state index in [0.717, 1.165) is 11.3 Å². The zero-order chi connectivity index (χ0) is 17.8. The third-order valence-corrected chi connectivity index (χ3v) is 5.26. The minimum atomic E-state index is -0.0632. The van der Waals surface area contributed by atoms with Gasteiger partial charge in [0.15, 0.2) is 0 Å². The van der Waals surface area contributed by atoms with E-state index in [1.165, 1.54) is 0 Å². The minimum absolute atomic E-state index is 0.0632. The molecule has 1 heterocycles. The molecule has 3 rings (SSSR count). The monoisotopic (exact) mass is 397 g/mol. The summed E-state index contributed by atoms with van der Waals surface area (Å²) in [6, 6.07) is 13.0. The number of amides is 2. The summed E-state index contributed by atoms with van der Waals surface area (Å²) in [5, 5.41) is 4.73. The molecule has 1 aliphatic heterocycles. The van der Waals surface area contributed by atoms with E-state index >= 15 is 0 Å². The molecule has 0 spiro atoms. The van der Waals surface area contributed by atoms with Crippen LogP contribution in [-0.4, -0.2) is 37.1 Å². The molecule has 2 aromatic rings. The molecule has 0 aromatic heterocycles. The molecule has 2 amide bonds. The lowest BCUT2D eigenvalue weighted by Crippen LogP contribution is -2.51. The first-order chi connectivity index (χ1) is 12.0. The number of hydrogen-bond donors (Lipinski definition) is 1. The first-order valence-corrected chi connectivity index (χ1v) is 9.14. The topological polar surface area (TPSA) is 35.6 Å². The number of halogens is 3. The lowest BCUT2D eigenvalue weighted by molar-refractivity contribution is 0.194. The maximum atomic E-state index is 12.3. The van der Waals surface area contributed by atoms with E-state index in [-0.39, 0.29) is 6.03 Å². The third kappa shape index (κ3) is 4.51. The van der Waals surface area contributed by atoms with Gasteiger partial charge in [-0.05, 0) is 29.8 Å². The molecule has 1 fully saturated rings. The Hall–Kier alpha value is -1.62.